The predicted octanol–water partition coefficient (Wildman–Crippen LogP) is 2.47. The summed E-state index contributed by atoms with van der Waals surface area (Å²) in [4.78, 5) is 8.21. The van der Waals surface area contributed by atoms with Crippen molar-refractivity contribution in [1.82, 2.24) is 15.4 Å². The van der Waals surface area contributed by atoms with Crippen molar-refractivity contribution in [2.24, 2.45) is 5.10 Å². The summed E-state index contributed by atoms with van der Waals surface area (Å²) in [6.45, 7) is -3.10. The van der Waals surface area contributed by atoms with Crippen LogP contribution in [-0.4, -0.2) is 22.8 Å². The van der Waals surface area contributed by atoms with Crippen molar-refractivity contribution in [2.75, 3.05) is 0 Å². The molecule has 1 radical (unpaired) electrons. The van der Waals surface area contributed by atoms with Crippen LogP contribution in [0.15, 0.2) is 29.5 Å². The van der Waals surface area contributed by atoms with Crippen molar-refractivity contribution in [3.63, 3.8) is 0 Å². The largest absolute Gasteiger partial charge is 0.432 e. The number of alkyl halides is 2. The van der Waals surface area contributed by atoms with Crippen LogP contribution in [0.3, 0.4) is 0 Å². The van der Waals surface area contributed by atoms with Crippen LogP contribution in [0.2, 0.25) is 0 Å². The van der Waals surface area contributed by atoms with E-state index in [1.54, 1.807) is 0 Å². The van der Waals surface area contributed by atoms with Gasteiger partial charge in [0, 0.05) is 5.56 Å². The molecule has 2 heterocycles. The lowest BCUT2D eigenvalue weighted by Crippen LogP contribution is -2.04. The zero-order valence-electron chi connectivity index (χ0n) is 9.80. The van der Waals surface area contributed by atoms with Gasteiger partial charge in [-0.2, -0.15) is 13.9 Å². The molecule has 0 N–H and O–H groups in total. The van der Waals surface area contributed by atoms with Gasteiger partial charge in [0.15, 0.2) is 11.6 Å². The molecule has 1 aliphatic heterocycles. The Labute approximate surface area is 111 Å². The highest BCUT2D eigenvalue weighted by Gasteiger charge is 2.15. The summed E-state index contributed by atoms with van der Waals surface area (Å²) in [6.07, 6.45) is 2.87. The third-order valence-electron chi connectivity index (χ3n) is 2.56. The molecular weight excluding hydrogens is 273 g/mol. The summed E-state index contributed by atoms with van der Waals surface area (Å²) < 4.78 is 41.8. The van der Waals surface area contributed by atoms with Crippen LogP contribution in [0.5, 0.6) is 5.75 Å². The van der Waals surface area contributed by atoms with Crippen LogP contribution in [0.4, 0.5) is 19.0 Å². The third kappa shape index (κ3) is 2.27. The predicted molar refractivity (Wildman–Crippen MR) is 63.4 cm³/mol. The number of ether oxygens (including phenoxy) is 1. The lowest BCUT2D eigenvalue weighted by Gasteiger charge is -2.08. The minimum absolute atomic E-state index is 0.322. The number of hydrogen-bond donors (Lipinski definition) is 0. The molecule has 20 heavy (non-hydrogen) atoms. The van der Waals surface area contributed by atoms with E-state index >= 15 is 0 Å². The Bertz CT molecular complexity index is 690. The summed E-state index contributed by atoms with van der Waals surface area (Å²) in [7, 11) is 0. The number of hydrogen-bond acceptors (Lipinski definition) is 4. The van der Waals surface area contributed by atoms with Crippen LogP contribution >= 0.6 is 0 Å². The normalized spacial score (nSPS) is 12.4. The zero-order chi connectivity index (χ0) is 14.1. The number of aromatic nitrogens is 2. The van der Waals surface area contributed by atoms with Crippen molar-refractivity contribution in [3.8, 4) is 17.0 Å². The number of nitrogens with zero attached hydrogens (tertiary/aromatic N) is 4. The molecule has 2 aromatic rings. The molecule has 3 rings (SSSR count). The van der Waals surface area contributed by atoms with Gasteiger partial charge in [-0.25, -0.2) is 14.4 Å². The highest BCUT2D eigenvalue weighted by molar-refractivity contribution is 5.85. The van der Waals surface area contributed by atoms with Gasteiger partial charge >= 0.3 is 6.61 Å². The van der Waals surface area contributed by atoms with Crippen LogP contribution in [0.25, 0.3) is 11.3 Å². The van der Waals surface area contributed by atoms with Crippen LogP contribution in [-0.2, 0) is 0 Å². The highest BCUT2D eigenvalue weighted by Crippen LogP contribution is 2.27. The second kappa shape index (κ2) is 4.80. The van der Waals surface area contributed by atoms with E-state index in [2.05, 4.69) is 25.2 Å². The van der Waals surface area contributed by atoms with Crippen molar-refractivity contribution < 1.29 is 17.9 Å². The Morgan fingerprint density at radius 3 is 2.85 bits per heavy atom. The summed E-state index contributed by atoms with van der Waals surface area (Å²) >= 11 is 0. The fraction of sp³-hybridized carbons (Fsp3) is 0.0833. The van der Waals surface area contributed by atoms with Crippen molar-refractivity contribution in [3.05, 3.63) is 35.9 Å². The number of rotatable bonds is 3. The maximum Gasteiger partial charge on any atom is 0.387 e. The van der Waals surface area contributed by atoms with Crippen LogP contribution < -0.4 is 10.2 Å². The first-order valence-corrected chi connectivity index (χ1v) is 5.49. The molecule has 0 unspecified atom stereocenters. The van der Waals surface area contributed by atoms with E-state index in [0.29, 0.717) is 22.8 Å². The van der Waals surface area contributed by atoms with Crippen LogP contribution in [0, 0.1) is 5.82 Å². The summed E-state index contributed by atoms with van der Waals surface area (Å²) in [6, 6.07) is 3.54. The molecule has 0 spiro atoms. The summed E-state index contributed by atoms with van der Waals surface area (Å²) in [5.74, 6) is -1.10. The standard InChI is InChI=1S/C12H6F3N4O/c13-7-2-1-6(3-10(7)20-12(14)15)8-4-16-9-5-17-19-11(9)18-8/h1-5,12H. The molecule has 0 atom stereocenters. The van der Waals surface area contributed by atoms with Crippen molar-refractivity contribution in [2.45, 2.75) is 6.61 Å². The molecule has 1 aliphatic rings. The quantitative estimate of drug-likeness (QED) is 0.867. The minimum Gasteiger partial charge on any atom is -0.432 e. The molecule has 0 saturated heterocycles. The van der Waals surface area contributed by atoms with E-state index < -0.39 is 18.2 Å². The first-order chi connectivity index (χ1) is 9.63. The topological polar surface area (TPSA) is 61.5 Å². The number of halogens is 3. The Kier molecular flexibility index (Phi) is 2.97. The van der Waals surface area contributed by atoms with E-state index in [1.165, 1.54) is 18.5 Å². The molecule has 1 aromatic carbocycles. The molecular formula is C12H6F3N4O. The number of fused-ring (bicyclic) bond motifs is 1. The second-order valence-corrected chi connectivity index (χ2v) is 3.83. The molecule has 0 aliphatic carbocycles. The average Bonchev–Trinajstić information content (AvgIpc) is 2.88. The van der Waals surface area contributed by atoms with Crippen molar-refractivity contribution in [1.29, 1.82) is 0 Å². The molecule has 0 fully saturated rings. The molecule has 0 saturated carbocycles. The molecule has 8 heteroatoms. The van der Waals surface area contributed by atoms with Gasteiger partial charge < -0.3 is 4.74 Å². The molecule has 0 bridgehead atoms. The van der Waals surface area contributed by atoms with E-state index in [0.717, 1.165) is 12.1 Å². The van der Waals surface area contributed by atoms with Gasteiger partial charge in [0.25, 0.3) is 0 Å². The van der Waals surface area contributed by atoms with E-state index in [9.17, 15) is 13.2 Å². The highest BCUT2D eigenvalue weighted by atomic mass is 19.3. The van der Waals surface area contributed by atoms with Gasteiger partial charge in [0.05, 0.1) is 18.1 Å². The SMILES string of the molecule is Fc1ccc(-c2cnc3c(n2)[N]N=C3)cc1OC(F)F. The van der Waals surface area contributed by atoms with Gasteiger partial charge in [0.2, 0.25) is 5.82 Å². The van der Waals surface area contributed by atoms with Gasteiger partial charge in [0.1, 0.15) is 5.69 Å². The smallest absolute Gasteiger partial charge is 0.387 e. The lowest BCUT2D eigenvalue weighted by molar-refractivity contribution is -0.0521. The summed E-state index contributed by atoms with van der Waals surface area (Å²) in [5, 5.41) is 3.65. The van der Waals surface area contributed by atoms with Crippen LogP contribution in [0.1, 0.15) is 5.69 Å². The van der Waals surface area contributed by atoms with E-state index in [1.807, 2.05) is 0 Å². The van der Waals surface area contributed by atoms with E-state index in [-0.39, 0.29) is 0 Å². The molecule has 0 amide bonds. The van der Waals surface area contributed by atoms with Gasteiger partial charge in [-0.15, -0.1) is 5.43 Å². The molecule has 5 nitrogen and oxygen atoms in total. The number of benzene rings is 1. The fourth-order valence-electron chi connectivity index (χ4n) is 1.68. The van der Waals surface area contributed by atoms with Crippen molar-refractivity contribution >= 4 is 12.0 Å². The Hall–Kier alpha value is -2.64. The maximum atomic E-state index is 13.3. The first kappa shape index (κ1) is 12.4. The Morgan fingerprint density at radius 2 is 2.05 bits per heavy atom. The fourth-order valence-corrected chi connectivity index (χ4v) is 1.68. The Balaban J connectivity index is 1.98. The first-order valence-electron chi connectivity index (χ1n) is 5.49. The summed E-state index contributed by atoms with van der Waals surface area (Å²) in [5.41, 5.74) is 5.00. The second-order valence-electron chi connectivity index (χ2n) is 3.83. The Morgan fingerprint density at radius 1 is 1.20 bits per heavy atom. The molecule has 101 valence electrons. The van der Waals surface area contributed by atoms with Gasteiger partial charge in [-0.05, 0) is 18.2 Å². The lowest BCUT2D eigenvalue weighted by atomic mass is 10.1. The molecule has 1 aromatic heterocycles. The maximum absolute atomic E-state index is 13.3. The van der Waals surface area contributed by atoms with Gasteiger partial charge in [-0.1, -0.05) is 0 Å². The monoisotopic (exact) mass is 279 g/mol. The van der Waals surface area contributed by atoms with Gasteiger partial charge in [-0.3, -0.25) is 0 Å². The van der Waals surface area contributed by atoms with E-state index in [4.69, 9.17) is 0 Å². The third-order valence-corrected chi connectivity index (χ3v) is 2.56. The zero-order valence-corrected chi connectivity index (χ0v) is 9.80. The minimum atomic E-state index is -3.10. The average molecular weight is 279 g/mol.